The molecule has 0 spiro atoms. The molecule has 8 aromatic rings. The molecule has 2 fully saturated rings. The highest BCUT2D eigenvalue weighted by atomic mass is 79.9. The number of fused-ring (bicyclic) bond motifs is 2. The summed E-state index contributed by atoms with van der Waals surface area (Å²) in [6, 6.07) is 36.9. The van der Waals surface area contributed by atoms with Crippen molar-refractivity contribution in [2.45, 2.75) is 105 Å². The van der Waals surface area contributed by atoms with Gasteiger partial charge in [-0.05, 0) is 148 Å². The lowest BCUT2D eigenvalue weighted by Crippen LogP contribution is -2.40. The van der Waals surface area contributed by atoms with Crippen molar-refractivity contribution in [3.63, 3.8) is 0 Å². The Bertz CT molecular complexity index is 2920. The number of Topliss-reactive ketones (excluding diaryl/α,β-unsaturated/α-hetero) is 1. The first-order valence-electron chi connectivity index (χ1n) is 22.1. The van der Waals surface area contributed by atoms with Crippen LogP contribution >= 0.6 is 31.9 Å². The van der Waals surface area contributed by atoms with Crippen molar-refractivity contribution in [2.75, 3.05) is 14.2 Å². The van der Waals surface area contributed by atoms with Crippen LogP contribution in [0.1, 0.15) is 124 Å². The normalized spacial score (nSPS) is 18.4. The predicted molar refractivity (Wildman–Crippen MR) is 282 cm³/mol. The van der Waals surface area contributed by atoms with E-state index in [4.69, 9.17) is 24.4 Å². The van der Waals surface area contributed by atoms with E-state index in [1.807, 2.05) is 72.9 Å². The number of aromatic nitrogens is 6. The Labute approximate surface area is 418 Å². The number of carbonyl (C=O) groups excluding carboxylic acids is 1. The third-order valence-electron chi connectivity index (χ3n) is 12.8. The Morgan fingerprint density at radius 2 is 1.01 bits per heavy atom. The van der Waals surface area contributed by atoms with Gasteiger partial charge in [0, 0.05) is 47.3 Å². The van der Waals surface area contributed by atoms with E-state index in [0.717, 1.165) is 96.8 Å². The van der Waals surface area contributed by atoms with Crippen molar-refractivity contribution < 1.29 is 14.3 Å². The average Bonchev–Trinajstić information content (AvgIpc) is 3.98. The van der Waals surface area contributed by atoms with E-state index in [2.05, 4.69) is 113 Å². The highest BCUT2D eigenvalue weighted by molar-refractivity contribution is 9.11. The Morgan fingerprint density at radius 3 is 1.49 bits per heavy atom. The lowest BCUT2D eigenvalue weighted by atomic mass is 9.89. The number of H-pyrrole nitrogens is 2. The molecule has 0 aliphatic carbocycles. The number of hydrogen-bond donors (Lipinski definition) is 2. The number of rotatable bonds is 10. The smallest absolute Gasteiger partial charge is 0.136 e. The van der Waals surface area contributed by atoms with Gasteiger partial charge in [0.25, 0.3) is 0 Å². The molecule has 0 amide bonds. The van der Waals surface area contributed by atoms with Crippen molar-refractivity contribution in [3.8, 4) is 11.5 Å². The number of hydrogen-bond acceptors (Lipinski definition) is 9. The molecule has 0 unspecified atom stereocenters. The van der Waals surface area contributed by atoms with Gasteiger partial charge >= 0.3 is 0 Å². The lowest BCUT2D eigenvalue weighted by molar-refractivity contribution is -0.126. The second kappa shape index (κ2) is 23.0. The Kier molecular flexibility index (Phi) is 17.5. The standard InChI is InChI=1S/C26H25BrN4O2.C26H27BrN4O.3CH4/c1-16-5-4-12-28-24(16)22-13-18(32)14-23(26-29-21-7-3-6-20(27)25(21)30-26)31(22)15-17-8-10-19(33-2)11-9-17;1-17-6-5-15-28-24(17)22-9-4-10-23(26-29-21-8-3-7-20(27)25(21)30-26)31(22)16-18-11-13-19(32-2)14-12-18;;;/h3-12,22-23H,13-15H2,1-2H3,(H,29,30);3,5-8,11-15,22-23H,4,9-10,16H2,1-2H3,(H,29,30);3*1H4/t2*22-,23+;;;/m00.../s1. The van der Waals surface area contributed by atoms with Crippen molar-refractivity contribution in [2.24, 2.45) is 0 Å². The van der Waals surface area contributed by atoms with E-state index in [1.165, 1.54) is 16.8 Å². The molecule has 4 atom stereocenters. The zero-order valence-electron chi connectivity index (χ0n) is 37.0. The van der Waals surface area contributed by atoms with Crippen LogP contribution in [0, 0.1) is 13.8 Å². The van der Waals surface area contributed by atoms with E-state index in [-0.39, 0.29) is 52.2 Å². The Hall–Kier alpha value is -5.73. The zero-order valence-corrected chi connectivity index (χ0v) is 40.1. The van der Waals surface area contributed by atoms with Crippen molar-refractivity contribution in [3.05, 3.63) is 176 Å². The average molecular weight is 1040 g/mol. The minimum absolute atomic E-state index is 0. The van der Waals surface area contributed by atoms with Crippen molar-refractivity contribution in [1.29, 1.82) is 0 Å². The minimum Gasteiger partial charge on any atom is -0.497 e. The number of imidazole rings is 2. The summed E-state index contributed by atoms with van der Waals surface area (Å²) in [6.45, 7) is 5.71. The molecule has 10 rings (SSSR count). The maximum Gasteiger partial charge on any atom is 0.136 e. The maximum atomic E-state index is 13.0. The van der Waals surface area contributed by atoms with Crippen LogP contribution in [0.4, 0.5) is 0 Å². The van der Waals surface area contributed by atoms with E-state index < -0.39 is 0 Å². The first kappa shape index (κ1) is 51.7. The molecule has 2 saturated heterocycles. The minimum atomic E-state index is -0.181. The van der Waals surface area contributed by atoms with E-state index in [0.29, 0.717) is 19.4 Å². The number of aromatic amines is 2. The van der Waals surface area contributed by atoms with Crippen LogP contribution in [0.2, 0.25) is 0 Å². The van der Waals surface area contributed by atoms with Gasteiger partial charge in [0.15, 0.2) is 0 Å². The molecule has 356 valence electrons. The van der Waals surface area contributed by atoms with Crippen molar-refractivity contribution in [1.82, 2.24) is 39.7 Å². The topological polar surface area (TPSA) is 125 Å². The van der Waals surface area contributed by atoms with Crippen LogP contribution in [0.25, 0.3) is 22.1 Å². The molecule has 0 saturated carbocycles. The lowest BCUT2D eigenvalue weighted by Gasteiger charge is -2.41. The highest BCUT2D eigenvalue weighted by Crippen LogP contribution is 2.44. The first-order valence-corrected chi connectivity index (χ1v) is 23.7. The van der Waals surface area contributed by atoms with Gasteiger partial charge in [0.05, 0.1) is 60.8 Å². The molecule has 2 aliphatic heterocycles. The molecule has 13 heteroatoms. The molecule has 2 N–H and O–H groups in total. The molecule has 0 radical (unpaired) electrons. The Balaban J connectivity index is 0.000000215. The monoisotopic (exact) mass is 1040 g/mol. The summed E-state index contributed by atoms with van der Waals surface area (Å²) in [4.78, 5) is 44.4. The van der Waals surface area contributed by atoms with Gasteiger partial charge in [0.2, 0.25) is 0 Å². The van der Waals surface area contributed by atoms with Gasteiger partial charge in [-0.15, -0.1) is 0 Å². The van der Waals surface area contributed by atoms with Crippen molar-refractivity contribution >= 4 is 59.7 Å². The number of para-hydroxylation sites is 2. The number of likely N-dealkylation sites (tertiary alicyclic amines) is 2. The van der Waals surface area contributed by atoms with E-state index >= 15 is 0 Å². The molecule has 0 bridgehead atoms. The van der Waals surface area contributed by atoms with E-state index in [1.54, 1.807) is 20.4 Å². The number of carbonyl (C=O) groups is 1. The first-order chi connectivity index (χ1) is 31.7. The fourth-order valence-electron chi connectivity index (χ4n) is 9.48. The molecule has 6 heterocycles. The third kappa shape index (κ3) is 11.1. The molecule has 68 heavy (non-hydrogen) atoms. The van der Waals surface area contributed by atoms with E-state index in [9.17, 15) is 4.79 Å². The number of nitrogens with one attached hydrogen (secondary N) is 2. The number of ether oxygens (including phenoxy) is 2. The summed E-state index contributed by atoms with van der Waals surface area (Å²) in [5, 5.41) is 0. The summed E-state index contributed by atoms with van der Waals surface area (Å²) >= 11 is 7.26. The number of pyridine rings is 2. The van der Waals surface area contributed by atoms with Crippen LogP contribution in [-0.2, 0) is 17.9 Å². The summed E-state index contributed by atoms with van der Waals surface area (Å²) in [5.41, 5.74) is 10.7. The van der Waals surface area contributed by atoms with Gasteiger partial charge < -0.3 is 19.4 Å². The fourth-order valence-corrected chi connectivity index (χ4v) is 10.4. The SMILES string of the molecule is C.C.C.COc1ccc(CN2[C@@H](c3nc4c(Br)cccc4[nH]3)CC(=O)C[C@H]2c2ncccc2C)cc1.COc1ccc(CN2[C@@H](c3nc4c(Br)cccc4[nH]3)CCC[C@H]2c2ncccc2C)cc1. The second-order valence-corrected chi connectivity index (χ2v) is 18.6. The summed E-state index contributed by atoms with van der Waals surface area (Å²) in [7, 11) is 3.37. The highest BCUT2D eigenvalue weighted by Gasteiger charge is 2.40. The Morgan fingerprint density at radius 1 is 0.574 bits per heavy atom. The van der Waals surface area contributed by atoms with Crippen LogP contribution in [0.3, 0.4) is 0 Å². The number of ketones is 1. The number of halogens is 2. The number of piperidine rings is 2. The van der Waals surface area contributed by atoms with Gasteiger partial charge in [-0.1, -0.05) is 70.8 Å². The maximum absolute atomic E-state index is 13.0. The number of methoxy groups -OCH3 is 2. The molecule has 4 aromatic heterocycles. The summed E-state index contributed by atoms with van der Waals surface area (Å²) in [5.74, 6) is 3.75. The van der Waals surface area contributed by atoms with Crippen LogP contribution < -0.4 is 9.47 Å². The van der Waals surface area contributed by atoms with Crippen LogP contribution in [0.15, 0.2) is 131 Å². The number of nitrogens with zero attached hydrogens (tertiary/aromatic N) is 6. The fraction of sp³-hybridized carbons (Fsp3) is 0.327. The molecule has 2 aliphatic rings. The number of aryl methyl sites for hydroxylation is 2. The summed E-state index contributed by atoms with van der Waals surface area (Å²) in [6.07, 6.45) is 7.87. The van der Waals surface area contributed by atoms with Gasteiger partial charge in [-0.3, -0.25) is 24.6 Å². The van der Waals surface area contributed by atoms with Crippen LogP contribution in [-0.4, -0.2) is 59.7 Å². The third-order valence-corrected chi connectivity index (χ3v) is 14.1. The molecule has 11 nitrogen and oxygen atoms in total. The molecule has 4 aromatic carbocycles. The molecular weight excluding hydrogens is 980 g/mol. The van der Waals surface area contributed by atoms with Crippen LogP contribution in [0.5, 0.6) is 11.5 Å². The summed E-state index contributed by atoms with van der Waals surface area (Å²) < 4.78 is 12.6. The van der Waals surface area contributed by atoms with Gasteiger partial charge in [-0.2, -0.15) is 0 Å². The quantitative estimate of drug-likeness (QED) is 0.138. The largest absolute Gasteiger partial charge is 0.497 e. The molecular formula is C55H64Br2N8O3. The second-order valence-electron chi connectivity index (χ2n) is 16.9. The zero-order chi connectivity index (χ0) is 45.0. The van der Waals surface area contributed by atoms with Gasteiger partial charge in [0.1, 0.15) is 40.0 Å². The predicted octanol–water partition coefficient (Wildman–Crippen LogP) is 14.1. The number of benzene rings is 4. The van der Waals surface area contributed by atoms with Gasteiger partial charge in [-0.25, -0.2) is 9.97 Å².